The van der Waals surface area contributed by atoms with Gasteiger partial charge in [0.2, 0.25) is 0 Å². The lowest BCUT2D eigenvalue weighted by molar-refractivity contribution is -0.142. The van der Waals surface area contributed by atoms with Gasteiger partial charge >= 0.3 is 5.97 Å². The molecule has 1 N–H and O–H groups in total. The average Bonchev–Trinajstić information content (AvgIpc) is 3.52. The zero-order valence-corrected chi connectivity index (χ0v) is 17.7. The Hall–Kier alpha value is -2.08. The van der Waals surface area contributed by atoms with Crippen molar-refractivity contribution in [2.45, 2.75) is 72.0 Å². The largest absolute Gasteiger partial charge is 0.490 e. The van der Waals surface area contributed by atoms with Crippen LogP contribution in [0.2, 0.25) is 0 Å². The minimum atomic E-state index is -0.855. The highest BCUT2D eigenvalue weighted by molar-refractivity contribution is 6.00. The molecule has 2 rings (SSSR count). The van der Waals surface area contributed by atoms with Gasteiger partial charge < -0.3 is 19.5 Å². The molecule has 0 saturated heterocycles. The molecule has 156 valence electrons. The quantitative estimate of drug-likeness (QED) is 0.559. The number of carbonyl (C=O) groups excluding carboxylic acids is 2. The number of carbonyl (C=O) groups is 2. The van der Waals surface area contributed by atoms with Gasteiger partial charge in [-0.1, -0.05) is 13.8 Å². The average molecular weight is 392 g/mol. The molecule has 1 saturated carbocycles. The molecule has 0 spiro atoms. The number of hydrogen-bond acceptors (Lipinski definition) is 5. The molecule has 6 nitrogen and oxygen atoms in total. The third kappa shape index (κ3) is 5.47. The highest BCUT2D eigenvalue weighted by Crippen LogP contribution is 2.42. The Morgan fingerprint density at radius 1 is 1.25 bits per heavy atom. The van der Waals surface area contributed by atoms with Gasteiger partial charge in [-0.2, -0.15) is 0 Å². The zero-order valence-electron chi connectivity index (χ0n) is 17.7. The molecule has 1 aliphatic carbocycles. The standard InChI is InChI=1S/C22H33NO5/c1-6-13-27-22(5,16-9-10-16)21(25)23-17-11-12-19(28-15(4)7-2)18(14-17)20(24)26-8-3/h11-12,14-16H,6-10,13H2,1-5H3,(H,23,25)/t15-,22+/m0/s1. The highest BCUT2D eigenvalue weighted by atomic mass is 16.5. The summed E-state index contributed by atoms with van der Waals surface area (Å²) < 4.78 is 16.9. The number of rotatable bonds is 11. The van der Waals surface area contributed by atoms with Crippen LogP contribution in [0.1, 0.15) is 70.7 Å². The van der Waals surface area contributed by atoms with Gasteiger partial charge in [0.1, 0.15) is 16.9 Å². The highest BCUT2D eigenvalue weighted by Gasteiger charge is 2.48. The molecule has 1 aromatic carbocycles. The first-order valence-corrected chi connectivity index (χ1v) is 10.3. The van der Waals surface area contributed by atoms with Gasteiger partial charge in [-0.05, 0) is 70.6 Å². The van der Waals surface area contributed by atoms with Crippen molar-refractivity contribution in [3.05, 3.63) is 23.8 Å². The van der Waals surface area contributed by atoms with Crippen LogP contribution in [0.4, 0.5) is 5.69 Å². The number of esters is 1. The van der Waals surface area contributed by atoms with Crippen LogP contribution >= 0.6 is 0 Å². The van der Waals surface area contributed by atoms with E-state index in [1.807, 2.05) is 27.7 Å². The predicted octanol–water partition coefficient (Wildman–Crippen LogP) is 4.57. The molecule has 0 aliphatic heterocycles. The third-order valence-electron chi connectivity index (χ3n) is 5.05. The van der Waals surface area contributed by atoms with Gasteiger partial charge in [0, 0.05) is 12.3 Å². The van der Waals surface area contributed by atoms with Gasteiger partial charge in [0.05, 0.1) is 12.7 Å². The van der Waals surface area contributed by atoms with Crippen LogP contribution in [-0.2, 0) is 14.3 Å². The smallest absolute Gasteiger partial charge is 0.341 e. The monoisotopic (exact) mass is 391 g/mol. The molecule has 0 bridgehead atoms. The lowest BCUT2D eigenvalue weighted by atomic mass is 9.98. The Morgan fingerprint density at radius 2 is 1.96 bits per heavy atom. The summed E-state index contributed by atoms with van der Waals surface area (Å²) in [6, 6.07) is 5.06. The number of hydrogen-bond donors (Lipinski definition) is 1. The molecule has 1 fully saturated rings. The van der Waals surface area contributed by atoms with E-state index in [0.29, 0.717) is 23.6 Å². The van der Waals surface area contributed by atoms with Crippen molar-refractivity contribution in [2.75, 3.05) is 18.5 Å². The second-order valence-corrected chi connectivity index (χ2v) is 7.45. The zero-order chi connectivity index (χ0) is 20.7. The van der Waals surface area contributed by atoms with E-state index in [2.05, 4.69) is 5.32 Å². The Kier molecular flexibility index (Phi) is 7.87. The summed E-state index contributed by atoms with van der Waals surface area (Å²) in [6.45, 7) is 10.4. The van der Waals surface area contributed by atoms with Gasteiger partial charge in [-0.15, -0.1) is 0 Å². The van der Waals surface area contributed by atoms with Crippen molar-refractivity contribution >= 4 is 17.6 Å². The molecule has 0 aromatic heterocycles. The van der Waals surface area contributed by atoms with E-state index in [9.17, 15) is 9.59 Å². The number of anilines is 1. The summed E-state index contributed by atoms with van der Waals surface area (Å²) in [5, 5.41) is 2.92. The molecule has 0 unspecified atom stereocenters. The topological polar surface area (TPSA) is 73.9 Å². The van der Waals surface area contributed by atoms with Gasteiger partial charge in [0.15, 0.2) is 0 Å². The molecule has 0 heterocycles. The van der Waals surface area contributed by atoms with Gasteiger partial charge in [0.25, 0.3) is 5.91 Å². The van der Waals surface area contributed by atoms with Crippen molar-refractivity contribution in [3.63, 3.8) is 0 Å². The number of amides is 1. The van der Waals surface area contributed by atoms with Crippen LogP contribution in [0.5, 0.6) is 5.75 Å². The SMILES string of the molecule is CCCO[C@@](C)(C(=O)Nc1ccc(O[C@@H](C)CC)c(C(=O)OCC)c1)C1CC1. The second kappa shape index (κ2) is 9.92. The van der Waals surface area contributed by atoms with Crippen molar-refractivity contribution in [3.8, 4) is 5.75 Å². The minimum Gasteiger partial charge on any atom is -0.490 e. The second-order valence-electron chi connectivity index (χ2n) is 7.45. The first-order valence-electron chi connectivity index (χ1n) is 10.3. The normalized spacial score (nSPS) is 16.8. The maximum atomic E-state index is 13.0. The maximum absolute atomic E-state index is 13.0. The molecule has 6 heteroatoms. The summed E-state index contributed by atoms with van der Waals surface area (Å²) >= 11 is 0. The molecule has 1 aliphatic rings. The lowest BCUT2D eigenvalue weighted by Crippen LogP contribution is -2.45. The molecule has 1 amide bonds. The van der Waals surface area contributed by atoms with Gasteiger partial charge in [-0.3, -0.25) is 4.79 Å². The van der Waals surface area contributed by atoms with E-state index in [0.717, 1.165) is 25.7 Å². The molecular formula is C22H33NO5. The van der Waals surface area contributed by atoms with Crippen LogP contribution in [0.3, 0.4) is 0 Å². The predicted molar refractivity (Wildman–Crippen MR) is 109 cm³/mol. The number of ether oxygens (including phenoxy) is 3. The van der Waals surface area contributed by atoms with Crippen molar-refractivity contribution < 1.29 is 23.8 Å². The van der Waals surface area contributed by atoms with E-state index in [4.69, 9.17) is 14.2 Å². The summed E-state index contributed by atoms with van der Waals surface area (Å²) in [4.78, 5) is 25.3. The van der Waals surface area contributed by atoms with Crippen LogP contribution < -0.4 is 10.1 Å². The fourth-order valence-corrected chi connectivity index (χ4v) is 2.95. The van der Waals surface area contributed by atoms with Crippen LogP contribution in [0.25, 0.3) is 0 Å². The maximum Gasteiger partial charge on any atom is 0.341 e. The fraction of sp³-hybridized carbons (Fsp3) is 0.636. The first-order chi connectivity index (χ1) is 13.3. The molecule has 0 radical (unpaired) electrons. The van der Waals surface area contributed by atoms with Crippen molar-refractivity contribution in [1.29, 1.82) is 0 Å². The Bertz CT molecular complexity index is 686. The summed E-state index contributed by atoms with van der Waals surface area (Å²) in [5.41, 5.74) is -0.0227. The van der Waals surface area contributed by atoms with Crippen LogP contribution in [0, 0.1) is 5.92 Å². The fourth-order valence-electron chi connectivity index (χ4n) is 2.95. The lowest BCUT2D eigenvalue weighted by Gasteiger charge is -2.29. The van der Waals surface area contributed by atoms with Gasteiger partial charge in [-0.25, -0.2) is 4.79 Å². The van der Waals surface area contributed by atoms with Crippen LogP contribution in [-0.4, -0.2) is 36.8 Å². The summed E-state index contributed by atoms with van der Waals surface area (Å²) in [5.74, 6) is 0.0347. The summed E-state index contributed by atoms with van der Waals surface area (Å²) in [6.07, 6.45) is 3.61. The van der Waals surface area contributed by atoms with E-state index in [1.165, 1.54) is 0 Å². The Morgan fingerprint density at radius 3 is 2.54 bits per heavy atom. The Balaban J connectivity index is 2.23. The molecule has 1 aromatic rings. The van der Waals surface area contributed by atoms with E-state index in [1.54, 1.807) is 25.1 Å². The number of nitrogens with one attached hydrogen (secondary N) is 1. The molecule has 28 heavy (non-hydrogen) atoms. The summed E-state index contributed by atoms with van der Waals surface area (Å²) in [7, 11) is 0. The number of benzene rings is 1. The van der Waals surface area contributed by atoms with E-state index < -0.39 is 11.6 Å². The van der Waals surface area contributed by atoms with E-state index in [-0.39, 0.29) is 24.5 Å². The van der Waals surface area contributed by atoms with Crippen LogP contribution in [0.15, 0.2) is 18.2 Å². The van der Waals surface area contributed by atoms with Crippen molar-refractivity contribution in [1.82, 2.24) is 0 Å². The minimum absolute atomic E-state index is 0.0331. The first kappa shape index (κ1) is 22.2. The molecule has 2 atom stereocenters. The van der Waals surface area contributed by atoms with Crippen molar-refractivity contribution in [2.24, 2.45) is 5.92 Å². The molecular weight excluding hydrogens is 358 g/mol. The van der Waals surface area contributed by atoms with E-state index >= 15 is 0 Å². The Labute approximate surface area is 167 Å². The third-order valence-corrected chi connectivity index (χ3v) is 5.05.